The minimum Gasteiger partial charge on any atom is -0.481 e. The SMILES string of the molecule is CC1=CCN(C(=O)NC(CCC(=O)O)C(=O)O)CC1. The first-order valence-electron chi connectivity index (χ1n) is 6.06. The van der Waals surface area contributed by atoms with E-state index in [1.807, 2.05) is 13.0 Å². The van der Waals surface area contributed by atoms with E-state index in [9.17, 15) is 14.4 Å². The van der Waals surface area contributed by atoms with Gasteiger partial charge in [0, 0.05) is 19.5 Å². The minimum absolute atomic E-state index is 0.126. The smallest absolute Gasteiger partial charge is 0.326 e. The second kappa shape index (κ2) is 6.77. The summed E-state index contributed by atoms with van der Waals surface area (Å²) in [7, 11) is 0. The molecule has 1 rings (SSSR count). The monoisotopic (exact) mass is 270 g/mol. The Balaban J connectivity index is 2.51. The molecule has 1 aliphatic heterocycles. The van der Waals surface area contributed by atoms with E-state index in [-0.39, 0.29) is 12.8 Å². The van der Waals surface area contributed by atoms with Crippen LogP contribution in [0.1, 0.15) is 26.2 Å². The van der Waals surface area contributed by atoms with Crippen molar-refractivity contribution < 1.29 is 24.6 Å². The van der Waals surface area contributed by atoms with Gasteiger partial charge in [-0.2, -0.15) is 0 Å². The van der Waals surface area contributed by atoms with Crippen LogP contribution in [-0.4, -0.2) is 52.2 Å². The maximum atomic E-state index is 11.8. The predicted molar refractivity (Wildman–Crippen MR) is 66.8 cm³/mol. The number of urea groups is 1. The number of carboxylic acids is 2. The van der Waals surface area contributed by atoms with E-state index in [0.717, 1.165) is 6.42 Å². The molecule has 0 spiro atoms. The highest BCUT2D eigenvalue weighted by Gasteiger charge is 2.24. The lowest BCUT2D eigenvalue weighted by Gasteiger charge is -2.27. The zero-order valence-electron chi connectivity index (χ0n) is 10.8. The number of aliphatic carboxylic acids is 2. The summed E-state index contributed by atoms with van der Waals surface area (Å²) >= 11 is 0. The lowest BCUT2D eigenvalue weighted by Crippen LogP contribution is -2.49. The fourth-order valence-electron chi connectivity index (χ4n) is 1.72. The van der Waals surface area contributed by atoms with Gasteiger partial charge in [0.15, 0.2) is 0 Å². The van der Waals surface area contributed by atoms with Crippen LogP contribution in [0.3, 0.4) is 0 Å². The van der Waals surface area contributed by atoms with Gasteiger partial charge in [0.05, 0.1) is 0 Å². The average Bonchev–Trinajstić information content (AvgIpc) is 2.34. The first kappa shape index (κ1) is 15.0. The number of amides is 2. The van der Waals surface area contributed by atoms with Gasteiger partial charge in [-0.05, 0) is 19.8 Å². The van der Waals surface area contributed by atoms with Gasteiger partial charge in [0.2, 0.25) is 0 Å². The van der Waals surface area contributed by atoms with Gasteiger partial charge in [-0.15, -0.1) is 0 Å². The lowest BCUT2D eigenvalue weighted by atomic mass is 10.1. The quantitative estimate of drug-likeness (QED) is 0.636. The molecule has 1 atom stereocenters. The Bertz CT molecular complexity index is 405. The van der Waals surface area contributed by atoms with Crippen LogP contribution < -0.4 is 5.32 Å². The molecule has 1 aliphatic rings. The highest BCUT2D eigenvalue weighted by atomic mass is 16.4. The summed E-state index contributed by atoms with van der Waals surface area (Å²) in [6.45, 7) is 2.96. The normalized spacial score (nSPS) is 16.5. The highest BCUT2D eigenvalue weighted by Crippen LogP contribution is 2.10. The van der Waals surface area contributed by atoms with E-state index in [0.29, 0.717) is 13.1 Å². The van der Waals surface area contributed by atoms with Crippen LogP contribution in [-0.2, 0) is 9.59 Å². The average molecular weight is 270 g/mol. The maximum Gasteiger partial charge on any atom is 0.326 e. The van der Waals surface area contributed by atoms with Crippen molar-refractivity contribution in [1.29, 1.82) is 0 Å². The molecule has 0 aromatic carbocycles. The number of carbonyl (C=O) groups excluding carboxylic acids is 1. The van der Waals surface area contributed by atoms with Crippen molar-refractivity contribution in [3.05, 3.63) is 11.6 Å². The fraction of sp³-hybridized carbons (Fsp3) is 0.583. The summed E-state index contributed by atoms with van der Waals surface area (Å²) in [4.78, 5) is 34.7. The van der Waals surface area contributed by atoms with E-state index in [4.69, 9.17) is 10.2 Å². The van der Waals surface area contributed by atoms with Gasteiger partial charge in [-0.1, -0.05) is 11.6 Å². The van der Waals surface area contributed by atoms with Crippen LogP contribution in [0.5, 0.6) is 0 Å². The summed E-state index contributed by atoms with van der Waals surface area (Å²) in [6.07, 6.45) is 2.26. The zero-order valence-corrected chi connectivity index (χ0v) is 10.8. The summed E-state index contributed by atoms with van der Waals surface area (Å²) in [6, 6.07) is -1.64. The Labute approximate surface area is 110 Å². The molecule has 1 unspecified atom stereocenters. The molecule has 7 nitrogen and oxygen atoms in total. The van der Waals surface area contributed by atoms with Crippen LogP contribution in [0.2, 0.25) is 0 Å². The first-order valence-corrected chi connectivity index (χ1v) is 6.06. The van der Waals surface area contributed by atoms with Crippen molar-refractivity contribution in [1.82, 2.24) is 10.2 Å². The van der Waals surface area contributed by atoms with Crippen LogP contribution in [0, 0.1) is 0 Å². The number of rotatable bonds is 5. The second-order valence-electron chi connectivity index (χ2n) is 4.52. The van der Waals surface area contributed by atoms with Gasteiger partial charge < -0.3 is 20.4 Å². The molecule has 7 heteroatoms. The van der Waals surface area contributed by atoms with Crippen molar-refractivity contribution in [2.45, 2.75) is 32.2 Å². The van der Waals surface area contributed by atoms with Gasteiger partial charge in [0.1, 0.15) is 6.04 Å². The highest BCUT2D eigenvalue weighted by molar-refractivity contribution is 5.83. The van der Waals surface area contributed by atoms with E-state index < -0.39 is 24.0 Å². The Hall–Kier alpha value is -2.05. The van der Waals surface area contributed by atoms with Crippen LogP contribution in [0.4, 0.5) is 4.79 Å². The molecule has 0 aliphatic carbocycles. The Morgan fingerprint density at radius 2 is 2.11 bits per heavy atom. The van der Waals surface area contributed by atoms with E-state index in [2.05, 4.69) is 5.32 Å². The molecular weight excluding hydrogens is 252 g/mol. The molecule has 2 amide bonds. The van der Waals surface area contributed by atoms with Crippen molar-refractivity contribution in [2.75, 3.05) is 13.1 Å². The topological polar surface area (TPSA) is 107 Å². The van der Waals surface area contributed by atoms with Gasteiger partial charge >= 0.3 is 18.0 Å². The molecule has 0 saturated carbocycles. The molecule has 0 aromatic rings. The van der Waals surface area contributed by atoms with Crippen molar-refractivity contribution in [3.63, 3.8) is 0 Å². The largest absolute Gasteiger partial charge is 0.481 e. The zero-order chi connectivity index (χ0) is 14.4. The van der Waals surface area contributed by atoms with E-state index >= 15 is 0 Å². The summed E-state index contributed by atoms with van der Waals surface area (Å²) < 4.78 is 0. The number of nitrogens with one attached hydrogen (secondary N) is 1. The Kier molecular flexibility index (Phi) is 5.35. The third kappa shape index (κ3) is 4.99. The number of hydrogen-bond acceptors (Lipinski definition) is 3. The molecule has 19 heavy (non-hydrogen) atoms. The van der Waals surface area contributed by atoms with E-state index in [1.54, 1.807) is 0 Å². The van der Waals surface area contributed by atoms with Gasteiger partial charge in [-0.3, -0.25) is 4.79 Å². The molecule has 1 heterocycles. The molecule has 106 valence electrons. The molecule has 0 radical (unpaired) electrons. The molecular formula is C12H18N2O5. The summed E-state index contributed by atoms with van der Waals surface area (Å²) in [5.74, 6) is -2.31. The molecule has 0 saturated heterocycles. The van der Waals surface area contributed by atoms with Crippen molar-refractivity contribution in [2.24, 2.45) is 0 Å². The molecule has 0 bridgehead atoms. The van der Waals surface area contributed by atoms with Gasteiger partial charge in [0.25, 0.3) is 0 Å². The molecule has 3 N–H and O–H groups in total. The van der Waals surface area contributed by atoms with E-state index in [1.165, 1.54) is 10.5 Å². The number of nitrogens with zero attached hydrogens (tertiary/aromatic N) is 1. The molecule has 0 fully saturated rings. The third-order valence-corrected chi connectivity index (χ3v) is 2.97. The fourth-order valence-corrected chi connectivity index (χ4v) is 1.72. The number of carboxylic acid groups (broad SMARTS) is 2. The third-order valence-electron chi connectivity index (χ3n) is 2.97. The number of carbonyl (C=O) groups is 3. The number of hydrogen-bond donors (Lipinski definition) is 3. The summed E-state index contributed by atoms with van der Waals surface area (Å²) in [5, 5.41) is 19.8. The van der Waals surface area contributed by atoms with Gasteiger partial charge in [-0.25, -0.2) is 9.59 Å². The maximum absolute atomic E-state index is 11.8. The van der Waals surface area contributed by atoms with Crippen LogP contribution in [0.25, 0.3) is 0 Å². The van der Waals surface area contributed by atoms with Crippen molar-refractivity contribution >= 4 is 18.0 Å². The first-order chi connectivity index (χ1) is 8.90. The van der Waals surface area contributed by atoms with Crippen molar-refractivity contribution in [3.8, 4) is 0 Å². The molecule has 0 aromatic heterocycles. The van der Waals surface area contributed by atoms with Crippen LogP contribution in [0.15, 0.2) is 11.6 Å². The lowest BCUT2D eigenvalue weighted by molar-refractivity contribution is -0.140. The second-order valence-corrected chi connectivity index (χ2v) is 4.52. The van der Waals surface area contributed by atoms with Crippen LogP contribution >= 0.6 is 0 Å². The Morgan fingerprint density at radius 3 is 2.58 bits per heavy atom. The summed E-state index contributed by atoms with van der Waals surface area (Å²) in [5.41, 5.74) is 1.20. The standard InChI is InChI=1S/C12H18N2O5/c1-8-4-6-14(7-5-8)12(19)13-9(11(17)18)2-3-10(15)16/h4,9H,2-3,5-7H2,1H3,(H,13,19)(H,15,16)(H,17,18). The minimum atomic E-state index is -1.22. The predicted octanol–water partition coefficient (Wildman–Crippen LogP) is 0.666. The Morgan fingerprint density at radius 1 is 1.42 bits per heavy atom.